The highest BCUT2D eigenvalue weighted by Crippen LogP contribution is 2.26. The van der Waals surface area contributed by atoms with E-state index in [0.717, 1.165) is 22.2 Å². The predicted octanol–water partition coefficient (Wildman–Crippen LogP) is 3.22. The van der Waals surface area contributed by atoms with Gasteiger partial charge in [-0.2, -0.15) is 0 Å². The number of para-hydroxylation sites is 1. The van der Waals surface area contributed by atoms with Gasteiger partial charge in [-0.25, -0.2) is 4.98 Å². The van der Waals surface area contributed by atoms with Crippen LogP contribution in [0.3, 0.4) is 0 Å². The zero-order chi connectivity index (χ0) is 13.9. The molecule has 3 rings (SSSR count). The molecule has 3 aromatic rings. The second-order valence-electron chi connectivity index (χ2n) is 4.48. The van der Waals surface area contributed by atoms with Gasteiger partial charge in [0.2, 0.25) is 5.88 Å². The number of aliphatic hydroxyl groups excluding tert-OH is 1. The molecule has 0 aliphatic rings. The van der Waals surface area contributed by atoms with E-state index in [-0.39, 0.29) is 6.61 Å². The Hall–Kier alpha value is -2.46. The van der Waals surface area contributed by atoms with Crippen LogP contribution in [0.4, 0.5) is 0 Å². The molecular weight excluding hydrogens is 252 g/mol. The highest BCUT2D eigenvalue weighted by molar-refractivity contribution is 5.82. The van der Waals surface area contributed by atoms with Gasteiger partial charge in [0.15, 0.2) is 5.75 Å². The molecule has 0 radical (unpaired) electrons. The van der Waals surface area contributed by atoms with Gasteiger partial charge in [0.25, 0.3) is 0 Å². The molecule has 0 bridgehead atoms. The Morgan fingerprint density at radius 3 is 2.80 bits per heavy atom. The van der Waals surface area contributed by atoms with Crippen LogP contribution in [0, 0.1) is 6.92 Å². The van der Waals surface area contributed by atoms with Gasteiger partial charge in [-0.05, 0) is 30.7 Å². The number of aryl methyl sites for hydroxylation is 1. The van der Waals surface area contributed by atoms with E-state index in [9.17, 15) is 5.11 Å². The second kappa shape index (κ2) is 5.27. The largest absolute Gasteiger partial charge is 0.437 e. The van der Waals surface area contributed by atoms with E-state index in [2.05, 4.69) is 9.97 Å². The molecule has 0 saturated heterocycles. The lowest BCUT2D eigenvalue weighted by molar-refractivity contribution is 0.282. The molecule has 0 fully saturated rings. The summed E-state index contributed by atoms with van der Waals surface area (Å²) in [6, 6.07) is 13.1. The summed E-state index contributed by atoms with van der Waals surface area (Å²) >= 11 is 0. The normalized spacial score (nSPS) is 10.7. The van der Waals surface area contributed by atoms with E-state index in [4.69, 9.17) is 4.74 Å². The third-order valence-electron chi connectivity index (χ3n) is 3.12. The number of benzene rings is 1. The molecule has 0 spiro atoms. The molecule has 2 aromatic heterocycles. The second-order valence-corrected chi connectivity index (χ2v) is 4.48. The Balaban J connectivity index is 2.06. The third-order valence-corrected chi connectivity index (χ3v) is 3.12. The molecule has 4 nitrogen and oxygen atoms in total. The fraction of sp³-hybridized carbons (Fsp3) is 0.125. The lowest BCUT2D eigenvalue weighted by Crippen LogP contribution is -1.95. The van der Waals surface area contributed by atoms with Gasteiger partial charge in [0.1, 0.15) is 0 Å². The van der Waals surface area contributed by atoms with Gasteiger partial charge in [0, 0.05) is 17.6 Å². The highest BCUT2D eigenvalue weighted by atomic mass is 16.5. The number of aromatic nitrogens is 2. The van der Waals surface area contributed by atoms with Crippen LogP contribution in [0.5, 0.6) is 11.6 Å². The molecule has 1 aromatic carbocycles. The maximum absolute atomic E-state index is 9.49. The molecule has 1 N–H and O–H groups in total. The van der Waals surface area contributed by atoms with Crippen molar-refractivity contribution in [3.05, 3.63) is 59.9 Å². The van der Waals surface area contributed by atoms with Crippen LogP contribution in [0.15, 0.2) is 48.7 Å². The minimum Gasteiger partial charge on any atom is -0.437 e. The number of ether oxygens (including phenoxy) is 1. The summed E-state index contributed by atoms with van der Waals surface area (Å²) in [6.45, 7) is 1.83. The number of pyridine rings is 2. The summed E-state index contributed by atoms with van der Waals surface area (Å²) in [5, 5.41) is 10.4. The maximum Gasteiger partial charge on any atom is 0.220 e. The molecule has 100 valence electrons. The van der Waals surface area contributed by atoms with Crippen molar-refractivity contribution in [2.45, 2.75) is 13.5 Å². The SMILES string of the molecule is Cc1ncccc1Oc1cc(CO)c2ccccc2n1. The van der Waals surface area contributed by atoms with Crippen LogP contribution in [0.25, 0.3) is 10.9 Å². The number of hydrogen-bond acceptors (Lipinski definition) is 4. The molecule has 0 unspecified atom stereocenters. The van der Waals surface area contributed by atoms with Crippen molar-refractivity contribution in [3.63, 3.8) is 0 Å². The Bertz CT molecular complexity index is 756. The third kappa shape index (κ3) is 2.33. The molecule has 0 saturated carbocycles. The van der Waals surface area contributed by atoms with Crippen LogP contribution >= 0.6 is 0 Å². The van der Waals surface area contributed by atoms with Crippen molar-refractivity contribution in [2.24, 2.45) is 0 Å². The zero-order valence-corrected chi connectivity index (χ0v) is 11.1. The van der Waals surface area contributed by atoms with Crippen molar-refractivity contribution < 1.29 is 9.84 Å². The van der Waals surface area contributed by atoms with Crippen LogP contribution < -0.4 is 4.74 Å². The van der Waals surface area contributed by atoms with E-state index in [0.29, 0.717) is 11.6 Å². The van der Waals surface area contributed by atoms with Gasteiger partial charge < -0.3 is 9.84 Å². The monoisotopic (exact) mass is 266 g/mol. The van der Waals surface area contributed by atoms with Gasteiger partial charge >= 0.3 is 0 Å². The number of rotatable bonds is 3. The zero-order valence-electron chi connectivity index (χ0n) is 11.1. The van der Waals surface area contributed by atoms with E-state index in [1.54, 1.807) is 12.3 Å². The van der Waals surface area contributed by atoms with Gasteiger partial charge in [-0.15, -0.1) is 0 Å². The number of nitrogens with zero attached hydrogens (tertiary/aromatic N) is 2. The fourth-order valence-corrected chi connectivity index (χ4v) is 2.09. The van der Waals surface area contributed by atoms with Gasteiger partial charge in [0.05, 0.1) is 17.8 Å². The highest BCUT2D eigenvalue weighted by Gasteiger charge is 2.08. The summed E-state index contributed by atoms with van der Waals surface area (Å²) in [6.07, 6.45) is 1.72. The first kappa shape index (κ1) is 12.6. The predicted molar refractivity (Wildman–Crippen MR) is 76.7 cm³/mol. The summed E-state index contributed by atoms with van der Waals surface area (Å²) in [5.74, 6) is 1.13. The molecule has 20 heavy (non-hydrogen) atoms. The summed E-state index contributed by atoms with van der Waals surface area (Å²) in [7, 11) is 0. The van der Waals surface area contributed by atoms with Crippen LogP contribution in [0.1, 0.15) is 11.3 Å². The molecule has 0 aliphatic heterocycles. The van der Waals surface area contributed by atoms with E-state index < -0.39 is 0 Å². The summed E-state index contributed by atoms with van der Waals surface area (Å²) in [4.78, 5) is 8.64. The number of aliphatic hydroxyl groups is 1. The Morgan fingerprint density at radius 2 is 2.00 bits per heavy atom. The van der Waals surface area contributed by atoms with Crippen LogP contribution in [-0.4, -0.2) is 15.1 Å². The van der Waals surface area contributed by atoms with Crippen LogP contribution in [0.2, 0.25) is 0 Å². The van der Waals surface area contributed by atoms with Gasteiger partial charge in [-0.1, -0.05) is 18.2 Å². The maximum atomic E-state index is 9.49. The number of fused-ring (bicyclic) bond motifs is 1. The van der Waals surface area contributed by atoms with Crippen molar-refractivity contribution in [2.75, 3.05) is 0 Å². The first-order valence-corrected chi connectivity index (χ1v) is 6.37. The van der Waals surface area contributed by atoms with E-state index >= 15 is 0 Å². The molecule has 0 aliphatic carbocycles. The Morgan fingerprint density at radius 1 is 1.15 bits per heavy atom. The van der Waals surface area contributed by atoms with E-state index in [1.165, 1.54) is 0 Å². The molecule has 0 amide bonds. The first-order chi connectivity index (χ1) is 9.78. The molecular formula is C16H14N2O2. The average molecular weight is 266 g/mol. The Kier molecular flexibility index (Phi) is 3.31. The first-order valence-electron chi connectivity index (χ1n) is 6.37. The topological polar surface area (TPSA) is 55.2 Å². The lowest BCUT2D eigenvalue weighted by Gasteiger charge is -2.10. The van der Waals surface area contributed by atoms with Crippen molar-refractivity contribution in [3.8, 4) is 11.6 Å². The summed E-state index contributed by atoms with van der Waals surface area (Å²) < 4.78 is 5.78. The minimum atomic E-state index is -0.0502. The van der Waals surface area contributed by atoms with Crippen molar-refractivity contribution in [1.82, 2.24) is 9.97 Å². The van der Waals surface area contributed by atoms with E-state index in [1.807, 2.05) is 43.3 Å². The van der Waals surface area contributed by atoms with Gasteiger partial charge in [-0.3, -0.25) is 4.98 Å². The lowest BCUT2D eigenvalue weighted by atomic mass is 10.1. The van der Waals surface area contributed by atoms with Crippen LogP contribution in [-0.2, 0) is 6.61 Å². The molecule has 0 atom stereocenters. The standard InChI is InChI=1S/C16H14N2O2/c1-11-15(7-4-8-17-11)20-16-9-12(10-19)13-5-2-3-6-14(13)18-16/h2-9,19H,10H2,1H3. The summed E-state index contributed by atoms with van der Waals surface area (Å²) in [5.41, 5.74) is 2.40. The smallest absolute Gasteiger partial charge is 0.220 e. The van der Waals surface area contributed by atoms with Crippen molar-refractivity contribution in [1.29, 1.82) is 0 Å². The average Bonchev–Trinajstić information content (AvgIpc) is 2.49. The minimum absolute atomic E-state index is 0.0502. The van der Waals surface area contributed by atoms with Crippen molar-refractivity contribution >= 4 is 10.9 Å². The molecule has 4 heteroatoms. The molecule has 2 heterocycles. The fourth-order valence-electron chi connectivity index (χ4n) is 2.09. The Labute approximate surface area is 116 Å². The quantitative estimate of drug-likeness (QED) is 0.790. The number of hydrogen-bond donors (Lipinski definition) is 1.